The molecular formula is C8H16N2O. The molecule has 0 aromatic rings. The van der Waals surface area contributed by atoms with E-state index in [9.17, 15) is 0 Å². The SMILES string of the molecule is CN1CCCC/C1=C/[C@H](N)O. The Morgan fingerprint density at radius 3 is 2.91 bits per heavy atom. The zero-order valence-corrected chi connectivity index (χ0v) is 6.95. The van der Waals surface area contributed by atoms with Gasteiger partial charge < -0.3 is 15.7 Å². The monoisotopic (exact) mass is 156 g/mol. The van der Waals surface area contributed by atoms with Crippen LogP contribution in [0.5, 0.6) is 0 Å². The lowest BCUT2D eigenvalue weighted by molar-refractivity contribution is 0.224. The molecule has 3 heteroatoms. The van der Waals surface area contributed by atoms with E-state index in [4.69, 9.17) is 10.8 Å². The third kappa shape index (κ3) is 2.52. The summed E-state index contributed by atoms with van der Waals surface area (Å²) in [5.41, 5.74) is 6.41. The molecule has 0 bridgehead atoms. The molecule has 0 amide bonds. The molecule has 0 spiro atoms. The summed E-state index contributed by atoms with van der Waals surface area (Å²) < 4.78 is 0. The molecule has 0 unspecified atom stereocenters. The van der Waals surface area contributed by atoms with E-state index in [1.54, 1.807) is 6.08 Å². The third-order valence-electron chi connectivity index (χ3n) is 2.03. The Morgan fingerprint density at radius 2 is 2.36 bits per heavy atom. The summed E-state index contributed by atoms with van der Waals surface area (Å²) in [6, 6.07) is 0. The molecule has 1 aliphatic heterocycles. The number of nitrogens with zero attached hydrogens (tertiary/aromatic N) is 1. The van der Waals surface area contributed by atoms with Crippen molar-refractivity contribution in [2.45, 2.75) is 25.5 Å². The molecule has 0 aromatic heterocycles. The average molecular weight is 156 g/mol. The van der Waals surface area contributed by atoms with Crippen LogP contribution in [0.15, 0.2) is 11.8 Å². The maximum absolute atomic E-state index is 8.90. The van der Waals surface area contributed by atoms with Crippen LogP contribution < -0.4 is 5.73 Å². The highest BCUT2D eigenvalue weighted by molar-refractivity contribution is 5.04. The Morgan fingerprint density at radius 1 is 1.64 bits per heavy atom. The van der Waals surface area contributed by atoms with Crippen LogP contribution in [0.3, 0.4) is 0 Å². The Labute approximate surface area is 67.5 Å². The molecule has 1 heterocycles. The van der Waals surface area contributed by atoms with Gasteiger partial charge in [-0.2, -0.15) is 0 Å². The molecule has 1 saturated heterocycles. The first kappa shape index (κ1) is 8.56. The number of nitrogens with two attached hydrogens (primary N) is 1. The van der Waals surface area contributed by atoms with Crippen LogP contribution in [0.25, 0.3) is 0 Å². The zero-order valence-electron chi connectivity index (χ0n) is 6.95. The first-order valence-electron chi connectivity index (χ1n) is 4.05. The van der Waals surface area contributed by atoms with Gasteiger partial charge in [0.1, 0.15) is 6.23 Å². The van der Waals surface area contributed by atoms with Crippen molar-refractivity contribution in [1.29, 1.82) is 0 Å². The van der Waals surface area contributed by atoms with Gasteiger partial charge in [0.25, 0.3) is 0 Å². The van der Waals surface area contributed by atoms with E-state index in [-0.39, 0.29) is 0 Å². The van der Waals surface area contributed by atoms with Crippen molar-refractivity contribution in [1.82, 2.24) is 4.90 Å². The molecule has 3 nitrogen and oxygen atoms in total. The number of likely N-dealkylation sites (tertiary alicyclic amines) is 1. The molecule has 64 valence electrons. The molecule has 0 radical (unpaired) electrons. The fourth-order valence-electron chi connectivity index (χ4n) is 1.40. The Kier molecular flexibility index (Phi) is 2.91. The van der Waals surface area contributed by atoms with Crippen LogP contribution >= 0.6 is 0 Å². The molecule has 1 fully saturated rings. The maximum Gasteiger partial charge on any atom is 0.123 e. The van der Waals surface area contributed by atoms with Gasteiger partial charge in [-0.15, -0.1) is 0 Å². The smallest absolute Gasteiger partial charge is 0.123 e. The second-order valence-corrected chi connectivity index (χ2v) is 3.03. The van der Waals surface area contributed by atoms with Crippen LogP contribution in [-0.2, 0) is 0 Å². The third-order valence-corrected chi connectivity index (χ3v) is 2.03. The van der Waals surface area contributed by atoms with E-state index >= 15 is 0 Å². The van der Waals surface area contributed by atoms with Crippen LogP contribution in [0.1, 0.15) is 19.3 Å². The van der Waals surface area contributed by atoms with E-state index in [0.717, 1.165) is 13.0 Å². The Hall–Kier alpha value is -0.540. The van der Waals surface area contributed by atoms with Crippen molar-refractivity contribution in [3.05, 3.63) is 11.8 Å². The summed E-state index contributed by atoms with van der Waals surface area (Å²) in [4.78, 5) is 2.15. The van der Waals surface area contributed by atoms with Gasteiger partial charge in [-0.25, -0.2) is 0 Å². The van der Waals surface area contributed by atoms with Crippen molar-refractivity contribution in [3.63, 3.8) is 0 Å². The Bertz CT molecular complexity index is 154. The maximum atomic E-state index is 8.90. The standard InChI is InChI=1S/C8H16N2O/c1-10-5-3-2-4-7(10)6-8(9)11/h6,8,11H,2-5,9H2,1H3/b7-6-/t8-/m1/s1. The second-order valence-electron chi connectivity index (χ2n) is 3.03. The van der Waals surface area contributed by atoms with Gasteiger partial charge in [0.15, 0.2) is 0 Å². The molecule has 0 aromatic carbocycles. The van der Waals surface area contributed by atoms with E-state index < -0.39 is 6.23 Å². The summed E-state index contributed by atoms with van der Waals surface area (Å²) in [6.45, 7) is 1.08. The van der Waals surface area contributed by atoms with Crippen LogP contribution in [0, 0.1) is 0 Å². The summed E-state index contributed by atoms with van der Waals surface area (Å²) in [5.74, 6) is 0. The predicted molar refractivity (Wildman–Crippen MR) is 44.8 cm³/mol. The van der Waals surface area contributed by atoms with E-state index in [2.05, 4.69) is 4.90 Å². The van der Waals surface area contributed by atoms with Crippen LogP contribution in [0.4, 0.5) is 0 Å². The molecule has 3 N–H and O–H groups in total. The van der Waals surface area contributed by atoms with Gasteiger partial charge in [-0.3, -0.25) is 0 Å². The largest absolute Gasteiger partial charge is 0.378 e. The summed E-state index contributed by atoms with van der Waals surface area (Å²) in [6.07, 6.45) is 4.42. The van der Waals surface area contributed by atoms with Crippen molar-refractivity contribution < 1.29 is 5.11 Å². The number of hydrogen-bond acceptors (Lipinski definition) is 3. The number of rotatable bonds is 1. The molecule has 11 heavy (non-hydrogen) atoms. The van der Waals surface area contributed by atoms with Gasteiger partial charge in [-0.1, -0.05) is 0 Å². The number of hydrogen-bond donors (Lipinski definition) is 2. The lowest BCUT2D eigenvalue weighted by Crippen LogP contribution is -2.26. The number of aliphatic hydroxyl groups excluding tert-OH is 1. The first-order valence-corrected chi connectivity index (χ1v) is 4.05. The lowest BCUT2D eigenvalue weighted by atomic mass is 10.1. The zero-order chi connectivity index (χ0) is 8.27. The normalized spacial score (nSPS) is 25.7. The molecule has 0 saturated carbocycles. The van der Waals surface area contributed by atoms with E-state index in [0.29, 0.717) is 0 Å². The minimum Gasteiger partial charge on any atom is -0.378 e. The minimum absolute atomic E-state index is 0.800. The van der Waals surface area contributed by atoms with Crippen LogP contribution in [-0.4, -0.2) is 29.8 Å². The molecular weight excluding hydrogens is 140 g/mol. The number of piperidine rings is 1. The fraction of sp³-hybridized carbons (Fsp3) is 0.750. The van der Waals surface area contributed by atoms with Crippen molar-refractivity contribution >= 4 is 0 Å². The highest BCUT2D eigenvalue weighted by atomic mass is 16.3. The van der Waals surface area contributed by atoms with Gasteiger partial charge in [0.2, 0.25) is 0 Å². The predicted octanol–water partition coefficient (Wildman–Crippen LogP) is 0.263. The topological polar surface area (TPSA) is 49.5 Å². The fourth-order valence-corrected chi connectivity index (χ4v) is 1.40. The Balaban J connectivity index is 2.53. The van der Waals surface area contributed by atoms with Crippen LogP contribution in [0.2, 0.25) is 0 Å². The highest BCUT2D eigenvalue weighted by Gasteiger charge is 2.10. The molecule has 1 rings (SSSR count). The number of aliphatic hydroxyl groups is 1. The van der Waals surface area contributed by atoms with Gasteiger partial charge in [0, 0.05) is 19.3 Å². The van der Waals surface area contributed by atoms with Gasteiger partial charge in [0.05, 0.1) is 0 Å². The average Bonchev–Trinajstić information content (AvgIpc) is 1.93. The highest BCUT2D eigenvalue weighted by Crippen LogP contribution is 2.17. The minimum atomic E-state index is -0.800. The van der Waals surface area contributed by atoms with Crippen molar-refractivity contribution in [3.8, 4) is 0 Å². The van der Waals surface area contributed by atoms with Crippen molar-refractivity contribution in [2.24, 2.45) is 5.73 Å². The molecule has 1 aliphatic rings. The summed E-state index contributed by atoms with van der Waals surface area (Å²) >= 11 is 0. The van der Waals surface area contributed by atoms with E-state index in [1.165, 1.54) is 18.5 Å². The van der Waals surface area contributed by atoms with Gasteiger partial charge in [-0.05, 0) is 25.3 Å². The van der Waals surface area contributed by atoms with Crippen molar-refractivity contribution in [2.75, 3.05) is 13.6 Å². The quantitative estimate of drug-likeness (QED) is 0.535. The molecule has 0 aliphatic carbocycles. The summed E-state index contributed by atoms with van der Waals surface area (Å²) in [5, 5.41) is 8.90. The second kappa shape index (κ2) is 3.74. The number of allylic oxidation sites excluding steroid dienone is 1. The van der Waals surface area contributed by atoms with E-state index in [1.807, 2.05) is 7.05 Å². The lowest BCUT2D eigenvalue weighted by Gasteiger charge is -2.27. The first-order chi connectivity index (χ1) is 5.20. The molecule has 1 atom stereocenters. The van der Waals surface area contributed by atoms with Gasteiger partial charge >= 0.3 is 0 Å². The summed E-state index contributed by atoms with van der Waals surface area (Å²) in [7, 11) is 2.04.